The van der Waals surface area contributed by atoms with Gasteiger partial charge >= 0.3 is 0 Å². The van der Waals surface area contributed by atoms with Gasteiger partial charge in [-0.2, -0.15) is 0 Å². The van der Waals surface area contributed by atoms with Crippen LogP contribution in [0.25, 0.3) is 6.08 Å². The number of imide groups is 1. The first-order valence-electron chi connectivity index (χ1n) is 8.98. The summed E-state index contributed by atoms with van der Waals surface area (Å²) in [6, 6.07) is 1.64. The third-order valence-electron chi connectivity index (χ3n) is 4.42. The van der Waals surface area contributed by atoms with Gasteiger partial charge in [0.2, 0.25) is 5.95 Å². The number of nitrogens with zero attached hydrogens (tertiary/aromatic N) is 5. The Morgan fingerprint density at radius 2 is 2.17 bits per heavy atom. The quantitative estimate of drug-likeness (QED) is 0.715. The molecule has 0 spiro atoms. The molecule has 1 unspecified atom stereocenters. The van der Waals surface area contributed by atoms with Gasteiger partial charge in [0.25, 0.3) is 17.1 Å². The summed E-state index contributed by atoms with van der Waals surface area (Å²) in [5.74, 6) is -0.190. The molecule has 2 N–H and O–H groups in total. The summed E-state index contributed by atoms with van der Waals surface area (Å²) in [6.45, 7) is 1.15. The van der Waals surface area contributed by atoms with E-state index >= 15 is 0 Å². The number of likely N-dealkylation sites (tertiary alicyclic amines) is 1. The van der Waals surface area contributed by atoms with Gasteiger partial charge in [0.05, 0.1) is 16.8 Å². The summed E-state index contributed by atoms with van der Waals surface area (Å²) in [4.78, 5) is 54.2. The van der Waals surface area contributed by atoms with E-state index in [-0.39, 0.29) is 16.9 Å². The van der Waals surface area contributed by atoms with Crippen LogP contribution in [0, 0.1) is 0 Å². The Balaban J connectivity index is 1.43. The average Bonchev–Trinajstić information content (AvgIpc) is 3.05. The van der Waals surface area contributed by atoms with Gasteiger partial charge in [0.15, 0.2) is 0 Å². The van der Waals surface area contributed by atoms with E-state index in [0.29, 0.717) is 30.4 Å². The molecule has 0 aliphatic carbocycles. The predicted octanol–water partition coefficient (Wildman–Crippen LogP) is 1.31. The minimum absolute atomic E-state index is 0.0157. The molecule has 2 aromatic heterocycles. The summed E-state index contributed by atoms with van der Waals surface area (Å²) in [5.41, 5.74) is 0.832. The number of hydrogen-bond donors (Lipinski definition) is 2. The van der Waals surface area contributed by atoms with Crippen LogP contribution in [0.5, 0.6) is 0 Å². The summed E-state index contributed by atoms with van der Waals surface area (Å²) in [5, 5.41) is 5.05. The third kappa shape index (κ3) is 4.57. The standard InChI is InChI=1S/C18H17N7O3S/c26-15-14(29-18(28)24-15)8-11-3-4-21-17(22-11)23-12-2-1-7-25(10-12)16(27)13-9-19-5-6-20-13/h3-6,8-9,12H,1-2,7,10H2,(H,21,22,23)(H,24,26,28). The van der Waals surface area contributed by atoms with Crippen molar-refractivity contribution in [3.05, 3.63) is 47.1 Å². The Bertz CT molecular complexity index is 982. The van der Waals surface area contributed by atoms with Gasteiger partial charge in [0.1, 0.15) is 5.69 Å². The zero-order chi connectivity index (χ0) is 20.2. The Morgan fingerprint density at radius 3 is 2.93 bits per heavy atom. The van der Waals surface area contributed by atoms with Gasteiger partial charge in [-0.1, -0.05) is 0 Å². The minimum atomic E-state index is -0.432. The number of thioether (sulfide) groups is 1. The molecule has 0 aromatic carbocycles. The second-order valence-electron chi connectivity index (χ2n) is 6.48. The monoisotopic (exact) mass is 411 g/mol. The molecule has 1 atom stereocenters. The highest BCUT2D eigenvalue weighted by atomic mass is 32.2. The van der Waals surface area contributed by atoms with E-state index in [1.807, 2.05) is 0 Å². The van der Waals surface area contributed by atoms with E-state index in [1.165, 1.54) is 18.6 Å². The van der Waals surface area contributed by atoms with E-state index in [1.54, 1.807) is 23.2 Å². The highest BCUT2D eigenvalue weighted by Gasteiger charge is 2.27. The molecule has 11 heteroatoms. The minimum Gasteiger partial charge on any atom is -0.350 e. The van der Waals surface area contributed by atoms with Crippen molar-refractivity contribution in [2.75, 3.05) is 18.4 Å². The SMILES string of the molecule is O=C1NC(=O)C(=Cc2ccnc(NC3CCCN(C(=O)c4cnccn4)C3)n2)S1. The van der Waals surface area contributed by atoms with Gasteiger partial charge in [0, 0.05) is 37.7 Å². The second kappa shape index (κ2) is 8.35. The van der Waals surface area contributed by atoms with E-state index in [2.05, 4.69) is 30.6 Å². The number of anilines is 1. The van der Waals surface area contributed by atoms with E-state index in [9.17, 15) is 14.4 Å². The van der Waals surface area contributed by atoms with Crippen molar-refractivity contribution in [3.63, 3.8) is 0 Å². The topological polar surface area (TPSA) is 130 Å². The summed E-state index contributed by atoms with van der Waals surface area (Å²) < 4.78 is 0. The van der Waals surface area contributed by atoms with Gasteiger partial charge in [-0.3, -0.25) is 24.7 Å². The van der Waals surface area contributed by atoms with Crippen molar-refractivity contribution in [3.8, 4) is 0 Å². The van der Waals surface area contributed by atoms with Gasteiger partial charge in [-0.25, -0.2) is 15.0 Å². The molecule has 2 saturated heterocycles. The lowest BCUT2D eigenvalue weighted by atomic mass is 10.1. The van der Waals surface area contributed by atoms with Crippen LogP contribution in [0.1, 0.15) is 29.0 Å². The van der Waals surface area contributed by atoms with Crippen molar-refractivity contribution < 1.29 is 14.4 Å². The van der Waals surface area contributed by atoms with Crippen molar-refractivity contribution in [2.45, 2.75) is 18.9 Å². The number of carbonyl (C=O) groups excluding carboxylic acids is 3. The van der Waals surface area contributed by atoms with Crippen LogP contribution in [0.3, 0.4) is 0 Å². The molecule has 2 aromatic rings. The molecule has 2 aliphatic rings. The summed E-state index contributed by atoms with van der Waals surface area (Å²) in [7, 11) is 0. The molecule has 10 nitrogen and oxygen atoms in total. The van der Waals surface area contributed by atoms with Crippen molar-refractivity contribution in [2.24, 2.45) is 0 Å². The Labute approximate surface area is 170 Å². The maximum absolute atomic E-state index is 12.6. The van der Waals surface area contributed by atoms with Gasteiger partial charge in [-0.15, -0.1) is 0 Å². The molecule has 3 amide bonds. The molecule has 4 heterocycles. The van der Waals surface area contributed by atoms with E-state index in [0.717, 1.165) is 24.6 Å². The number of amides is 3. The number of hydrogen-bond acceptors (Lipinski definition) is 9. The fraction of sp³-hybridized carbons (Fsp3) is 0.278. The lowest BCUT2D eigenvalue weighted by Crippen LogP contribution is -2.45. The number of nitrogens with one attached hydrogen (secondary N) is 2. The van der Waals surface area contributed by atoms with Crippen LogP contribution >= 0.6 is 11.8 Å². The first-order chi connectivity index (χ1) is 14.1. The van der Waals surface area contributed by atoms with Crippen LogP contribution in [0.4, 0.5) is 10.7 Å². The number of rotatable bonds is 4. The molecular formula is C18H17N7O3S. The van der Waals surface area contributed by atoms with Gasteiger partial charge < -0.3 is 10.2 Å². The summed E-state index contributed by atoms with van der Waals surface area (Å²) >= 11 is 0.837. The van der Waals surface area contributed by atoms with Crippen molar-refractivity contribution in [1.82, 2.24) is 30.2 Å². The van der Waals surface area contributed by atoms with E-state index < -0.39 is 11.1 Å². The van der Waals surface area contributed by atoms with E-state index in [4.69, 9.17) is 0 Å². The highest BCUT2D eigenvalue weighted by molar-refractivity contribution is 8.18. The van der Waals surface area contributed by atoms with Crippen LogP contribution < -0.4 is 10.6 Å². The molecule has 0 saturated carbocycles. The maximum Gasteiger partial charge on any atom is 0.290 e. The second-order valence-corrected chi connectivity index (χ2v) is 7.50. The first-order valence-corrected chi connectivity index (χ1v) is 9.80. The summed E-state index contributed by atoms with van der Waals surface area (Å²) in [6.07, 6.45) is 9.31. The highest BCUT2D eigenvalue weighted by Crippen LogP contribution is 2.25. The molecule has 0 radical (unpaired) electrons. The number of piperidine rings is 1. The first kappa shape index (κ1) is 19.0. The molecule has 4 rings (SSSR count). The molecule has 2 aliphatic heterocycles. The maximum atomic E-state index is 12.6. The van der Waals surface area contributed by atoms with Gasteiger partial charge in [-0.05, 0) is 36.7 Å². The fourth-order valence-corrected chi connectivity index (χ4v) is 3.78. The molecule has 0 bridgehead atoms. The zero-order valence-electron chi connectivity index (χ0n) is 15.2. The van der Waals surface area contributed by atoms with Crippen molar-refractivity contribution >= 4 is 40.8 Å². The fourth-order valence-electron chi connectivity index (χ4n) is 3.11. The predicted molar refractivity (Wildman–Crippen MR) is 106 cm³/mol. The Morgan fingerprint density at radius 1 is 1.28 bits per heavy atom. The van der Waals surface area contributed by atoms with Crippen LogP contribution in [-0.4, -0.2) is 61.0 Å². The lowest BCUT2D eigenvalue weighted by molar-refractivity contribution is -0.115. The normalized spacial score (nSPS) is 20.6. The molecule has 29 heavy (non-hydrogen) atoms. The molecular weight excluding hydrogens is 394 g/mol. The molecule has 148 valence electrons. The smallest absolute Gasteiger partial charge is 0.290 e. The zero-order valence-corrected chi connectivity index (χ0v) is 16.1. The van der Waals surface area contributed by atoms with Crippen LogP contribution in [0.15, 0.2) is 35.8 Å². The Kier molecular flexibility index (Phi) is 5.47. The average molecular weight is 411 g/mol. The van der Waals surface area contributed by atoms with Crippen molar-refractivity contribution in [1.29, 1.82) is 0 Å². The number of carbonyl (C=O) groups is 3. The third-order valence-corrected chi connectivity index (χ3v) is 5.23. The largest absolute Gasteiger partial charge is 0.350 e. The lowest BCUT2D eigenvalue weighted by Gasteiger charge is -2.32. The van der Waals surface area contributed by atoms with Crippen LogP contribution in [-0.2, 0) is 4.79 Å². The number of aromatic nitrogens is 4. The Hall–Kier alpha value is -3.34. The molecule has 2 fully saturated rings. The van der Waals surface area contributed by atoms with Crippen LogP contribution in [0.2, 0.25) is 0 Å².